The van der Waals surface area contributed by atoms with Gasteiger partial charge in [-0.15, -0.1) is 0 Å². The maximum absolute atomic E-state index is 12.9. The van der Waals surface area contributed by atoms with Gasteiger partial charge in [-0.3, -0.25) is 23.9 Å². The van der Waals surface area contributed by atoms with Crippen molar-refractivity contribution in [3.8, 4) is 0 Å². The van der Waals surface area contributed by atoms with E-state index in [1.807, 2.05) is 6.92 Å². The average molecular weight is 428 g/mol. The van der Waals surface area contributed by atoms with E-state index in [9.17, 15) is 14.4 Å². The van der Waals surface area contributed by atoms with Crippen LogP contribution in [0.2, 0.25) is 5.02 Å². The van der Waals surface area contributed by atoms with Crippen molar-refractivity contribution >= 4 is 46.1 Å². The van der Waals surface area contributed by atoms with E-state index < -0.39 is 0 Å². The molecule has 1 aliphatic heterocycles. The fourth-order valence-electron chi connectivity index (χ4n) is 3.38. The average Bonchev–Trinajstić information content (AvgIpc) is 2.95. The number of hydrogen-bond acceptors (Lipinski definition) is 5. The quantitative estimate of drug-likeness (QED) is 0.339. The smallest absolute Gasteiger partial charge is 0.262 e. The van der Waals surface area contributed by atoms with Crippen LogP contribution in [0.25, 0.3) is 10.9 Å². The zero-order valence-electron chi connectivity index (χ0n) is 15.7. The first kappa shape index (κ1) is 19.7. The molecular weight excluding hydrogens is 410 g/mol. The highest BCUT2D eigenvalue weighted by atomic mass is 35.5. The maximum Gasteiger partial charge on any atom is 0.262 e. The number of nitrogens with zero attached hydrogens (tertiary/aromatic N) is 3. The molecule has 2 heterocycles. The van der Waals surface area contributed by atoms with Crippen LogP contribution >= 0.6 is 23.4 Å². The van der Waals surface area contributed by atoms with E-state index >= 15 is 0 Å². The van der Waals surface area contributed by atoms with Crippen LogP contribution < -0.4 is 5.56 Å². The van der Waals surface area contributed by atoms with Gasteiger partial charge >= 0.3 is 0 Å². The molecule has 1 aliphatic rings. The van der Waals surface area contributed by atoms with Crippen LogP contribution in [0.1, 0.15) is 34.1 Å². The van der Waals surface area contributed by atoms with E-state index in [4.69, 9.17) is 11.6 Å². The minimum atomic E-state index is -0.282. The number of thioether (sulfide) groups is 1. The summed E-state index contributed by atoms with van der Waals surface area (Å²) in [5.41, 5.74) is 1.29. The number of halogens is 1. The summed E-state index contributed by atoms with van der Waals surface area (Å²) in [5.74, 6) is -0.126. The summed E-state index contributed by atoms with van der Waals surface area (Å²) >= 11 is 7.41. The highest BCUT2D eigenvalue weighted by molar-refractivity contribution is 7.99. The lowest BCUT2D eigenvalue weighted by Crippen LogP contribution is -2.32. The van der Waals surface area contributed by atoms with Gasteiger partial charge in [0.15, 0.2) is 5.16 Å². The van der Waals surface area contributed by atoms with Crippen molar-refractivity contribution in [3.63, 3.8) is 0 Å². The van der Waals surface area contributed by atoms with Crippen LogP contribution in [0.3, 0.4) is 0 Å². The van der Waals surface area contributed by atoms with Crippen molar-refractivity contribution in [1.29, 1.82) is 0 Å². The molecule has 0 fully saturated rings. The van der Waals surface area contributed by atoms with E-state index in [0.29, 0.717) is 44.5 Å². The van der Waals surface area contributed by atoms with Gasteiger partial charge in [0.1, 0.15) is 0 Å². The minimum Gasteiger partial charge on any atom is -0.287 e. The molecule has 2 aromatic carbocycles. The fourth-order valence-corrected chi connectivity index (χ4v) is 4.49. The lowest BCUT2D eigenvalue weighted by atomic mass is 10.1. The summed E-state index contributed by atoms with van der Waals surface area (Å²) in [6, 6.07) is 11.9. The largest absolute Gasteiger partial charge is 0.287 e. The van der Waals surface area contributed by atoms with Crippen molar-refractivity contribution in [2.45, 2.75) is 25.0 Å². The lowest BCUT2D eigenvalue weighted by Gasteiger charge is -2.15. The van der Waals surface area contributed by atoms with Crippen LogP contribution in [0.5, 0.6) is 0 Å². The summed E-state index contributed by atoms with van der Waals surface area (Å²) in [4.78, 5) is 43.7. The summed E-state index contributed by atoms with van der Waals surface area (Å²) in [5, 5.41) is 1.59. The summed E-state index contributed by atoms with van der Waals surface area (Å²) in [6.45, 7) is 2.78. The topological polar surface area (TPSA) is 72.3 Å². The normalized spacial score (nSPS) is 13.4. The molecule has 0 radical (unpaired) electrons. The molecule has 0 saturated heterocycles. The molecule has 8 heteroatoms. The van der Waals surface area contributed by atoms with Gasteiger partial charge in [-0.05, 0) is 36.8 Å². The second-order valence-electron chi connectivity index (χ2n) is 6.67. The van der Waals surface area contributed by atoms with Crippen LogP contribution in [-0.2, 0) is 6.54 Å². The highest BCUT2D eigenvalue weighted by Crippen LogP contribution is 2.25. The van der Waals surface area contributed by atoms with Crippen LogP contribution in [0.15, 0.2) is 52.4 Å². The van der Waals surface area contributed by atoms with E-state index in [0.717, 1.165) is 6.42 Å². The molecule has 3 aromatic rings. The van der Waals surface area contributed by atoms with Gasteiger partial charge in [-0.1, -0.05) is 42.4 Å². The Morgan fingerprint density at radius 1 is 1.00 bits per heavy atom. The molecule has 0 bridgehead atoms. The number of fused-ring (bicyclic) bond motifs is 2. The molecule has 0 saturated carbocycles. The standard InChI is InChI=1S/C21H18ClN3O3S/c1-2-9-25-20(28)16-8-7-13(22)12-17(16)23-21(25)29-11-10-24-18(26)14-5-3-4-6-15(14)19(24)27/h3-8,12H,2,9-11H2,1H3. The Morgan fingerprint density at radius 3 is 2.34 bits per heavy atom. The van der Waals surface area contributed by atoms with Gasteiger partial charge in [0.25, 0.3) is 17.4 Å². The fraction of sp³-hybridized carbons (Fsp3) is 0.238. The molecule has 0 spiro atoms. The molecule has 1 aromatic heterocycles. The van der Waals surface area contributed by atoms with Crippen molar-refractivity contribution in [1.82, 2.24) is 14.5 Å². The molecule has 6 nitrogen and oxygen atoms in total. The van der Waals surface area contributed by atoms with Gasteiger partial charge in [-0.25, -0.2) is 4.98 Å². The molecule has 4 rings (SSSR count). The Labute approximate surface area is 176 Å². The van der Waals surface area contributed by atoms with Crippen LogP contribution in [0.4, 0.5) is 0 Å². The predicted molar refractivity (Wildman–Crippen MR) is 114 cm³/mol. The molecule has 0 aliphatic carbocycles. The van der Waals surface area contributed by atoms with Crippen LogP contribution in [-0.4, -0.2) is 38.6 Å². The van der Waals surface area contributed by atoms with Gasteiger partial charge in [0.05, 0.1) is 22.0 Å². The number of amides is 2. The van der Waals surface area contributed by atoms with Crippen molar-refractivity contribution < 1.29 is 9.59 Å². The van der Waals surface area contributed by atoms with Gasteiger partial charge in [0.2, 0.25) is 0 Å². The number of hydrogen-bond donors (Lipinski definition) is 0. The van der Waals surface area contributed by atoms with E-state index in [1.165, 1.54) is 16.7 Å². The first-order valence-electron chi connectivity index (χ1n) is 9.29. The van der Waals surface area contributed by atoms with Gasteiger partial charge in [-0.2, -0.15) is 0 Å². The Hall–Kier alpha value is -2.64. The lowest BCUT2D eigenvalue weighted by molar-refractivity contribution is 0.0664. The Morgan fingerprint density at radius 2 is 1.69 bits per heavy atom. The third-order valence-corrected chi connectivity index (χ3v) is 5.95. The Balaban J connectivity index is 1.57. The molecule has 0 atom stereocenters. The number of carbonyl (C=O) groups excluding carboxylic acids is 2. The summed E-state index contributed by atoms with van der Waals surface area (Å²) in [7, 11) is 0. The molecule has 2 amide bonds. The molecule has 148 valence electrons. The first-order chi connectivity index (χ1) is 14.0. The van der Waals surface area contributed by atoms with Crippen molar-refractivity contribution in [3.05, 3.63) is 69.0 Å². The number of carbonyl (C=O) groups is 2. The van der Waals surface area contributed by atoms with E-state index in [2.05, 4.69) is 4.98 Å². The zero-order valence-corrected chi connectivity index (χ0v) is 17.3. The highest BCUT2D eigenvalue weighted by Gasteiger charge is 2.34. The first-order valence-corrected chi connectivity index (χ1v) is 10.7. The van der Waals surface area contributed by atoms with Crippen molar-refractivity contribution in [2.75, 3.05) is 12.3 Å². The molecule has 0 N–H and O–H groups in total. The summed E-state index contributed by atoms with van der Waals surface area (Å²) < 4.78 is 1.64. The van der Waals surface area contributed by atoms with Gasteiger partial charge in [0, 0.05) is 23.9 Å². The van der Waals surface area contributed by atoms with Crippen molar-refractivity contribution in [2.24, 2.45) is 0 Å². The zero-order chi connectivity index (χ0) is 20.5. The number of benzene rings is 2. The van der Waals surface area contributed by atoms with Gasteiger partial charge < -0.3 is 0 Å². The molecule has 0 unspecified atom stereocenters. The Bertz CT molecular complexity index is 1160. The molecule has 29 heavy (non-hydrogen) atoms. The number of aromatic nitrogens is 2. The second kappa shape index (κ2) is 8.00. The SMILES string of the molecule is CCCn1c(SCCN2C(=O)c3ccccc3C2=O)nc2cc(Cl)ccc2c1=O. The maximum atomic E-state index is 12.9. The third kappa shape index (κ3) is 3.56. The second-order valence-corrected chi connectivity index (χ2v) is 8.17. The number of rotatable bonds is 6. The van der Waals surface area contributed by atoms with E-state index in [-0.39, 0.29) is 23.9 Å². The predicted octanol–water partition coefficient (Wildman–Crippen LogP) is 3.85. The number of imide groups is 1. The summed E-state index contributed by atoms with van der Waals surface area (Å²) in [6.07, 6.45) is 0.784. The monoisotopic (exact) mass is 427 g/mol. The molecular formula is C21H18ClN3O3S. The Kier molecular flexibility index (Phi) is 5.43. The van der Waals surface area contributed by atoms with Crippen LogP contribution in [0, 0.1) is 0 Å². The minimum absolute atomic E-state index is 0.114. The third-order valence-electron chi connectivity index (χ3n) is 4.75. The van der Waals surface area contributed by atoms with E-state index in [1.54, 1.807) is 47.0 Å².